The van der Waals surface area contributed by atoms with Gasteiger partial charge in [0.05, 0.1) is 0 Å². The van der Waals surface area contributed by atoms with Gasteiger partial charge in [-0.1, -0.05) is 43.5 Å². The summed E-state index contributed by atoms with van der Waals surface area (Å²) in [5, 5.41) is 13.1. The molecule has 0 unspecified atom stereocenters. The Labute approximate surface area is 129 Å². The van der Waals surface area contributed by atoms with Crippen molar-refractivity contribution < 1.29 is 14.6 Å². The molecule has 0 saturated carbocycles. The van der Waals surface area contributed by atoms with E-state index in [0.717, 1.165) is 6.42 Å². The molecule has 6 heteroatoms. The van der Waals surface area contributed by atoms with Crippen LogP contribution in [0.15, 0.2) is 18.2 Å². The van der Waals surface area contributed by atoms with E-state index in [2.05, 4.69) is 5.32 Å². The summed E-state index contributed by atoms with van der Waals surface area (Å²) in [6.07, 6.45) is 0.800. The molecule has 0 aliphatic carbocycles. The van der Waals surface area contributed by atoms with Crippen molar-refractivity contribution in [1.82, 2.24) is 5.32 Å². The monoisotopic (exact) mass is 319 g/mol. The van der Waals surface area contributed by atoms with Crippen LogP contribution in [0.25, 0.3) is 0 Å². The minimum atomic E-state index is -0.842. The molecule has 1 rings (SSSR count). The van der Waals surface area contributed by atoms with Crippen molar-refractivity contribution in [2.24, 2.45) is 5.92 Å². The van der Waals surface area contributed by atoms with Crippen LogP contribution in [0.2, 0.25) is 10.0 Å². The van der Waals surface area contributed by atoms with E-state index in [4.69, 9.17) is 33.0 Å². The van der Waals surface area contributed by atoms with E-state index in [1.165, 1.54) is 0 Å². The first-order valence-electron chi connectivity index (χ1n) is 6.49. The van der Waals surface area contributed by atoms with Gasteiger partial charge in [-0.05, 0) is 24.1 Å². The predicted molar refractivity (Wildman–Crippen MR) is 80.8 cm³/mol. The van der Waals surface area contributed by atoms with E-state index in [-0.39, 0.29) is 5.92 Å². The van der Waals surface area contributed by atoms with Crippen molar-refractivity contribution in [3.05, 3.63) is 28.2 Å². The maximum absolute atomic E-state index is 11.1. The summed E-state index contributed by atoms with van der Waals surface area (Å²) in [5.74, 6) is -0.210. The third-order valence-corrected chi connectivity index (χ3v) is 3.49. The van der Waals surface area contributed by atoms with Crippen molar-refractivity contribution in [3.8, 4) is 5.75 Å². The van der Waals surface area contributed by atoms with Gasteiger partial charge in [0.15, 0.2) is 0 Å². The largest absolute Gasteiger partial charge is 0.492 e. The molecule has 1 aromatic carbocycles. The van der Waals surface area contributed by atoms with Crippen LogP contribution in [0.5, 0.6) is 5.75 Å². The van der Waals surface area contributed by atoms with Crippen molar-refractivity contribution >= 4 is 29.2 Å². The molecule has 2 N–H and O–H groups in total. The van der Waals surface area contributed by atoms with Crippen LogP contribution < -0.4 is 10.1 Å². The molecule has 0 spiro atoms. The van der Waals surface area contributed by atoms with Crippen LogP contribution in [-0.2, 0) is 4.79 Å². The van der Waals surface area contributed by atoms with Crippen LogP contribution in [0, 0.1) is 5.92 Å². The van der Waals surface area contributed by atoms with Gasteiger partial charge in [0, 0.05) is 16.6 Å². The molecule has 0 aliphatic rings. The van der Waals surface area contributed by atoms with E-state index in [1.807, 2.05) is 13.8 Å². The summed E-state index contributed by atoms with van der Waals surface area (Å²) in [6.45, 7) is 4.65. The average Bonchev–Trinajstić information content (AvgIpc) is 2.36. The Morgan fingerprint density at radius 2 is 1.95 bits per heavy atom. The number of nitrogens with one attached hydrogen (secondary N) is 1. The summed E-state index contributed by atoms with van der Waals surface area (Å²) in [4.78, 5) is 11.1. The number of rotatable bonds is 8. The highest BCUT2D eigenvalue weighted by Crippen LogP contribution is 2.23. The second-order valence-electron chi connectivity index (χ2n) is 4.61. The van der Waals surface area contributed by atoms with Gasteiger partial charge in [-0.2, -0.15) is 0 Å². The summed E-state index contributed by atoms with van der Waals surface area (Å²) < 4.78 is 5.49. The van der Waals surface area contributed by atoms with Crippen molar-refractivity contribution in [3.63, 3.8) is 0 Å². The highest BCUT2D eigenvalue weighted by Gasteiger charge is 2.22. The molecule has 2 atom stereocenters. The zero-order valence-electron chi connectivity index (χ0n) is 11.5. The SMILES string of the molecule is CC[C@H](C)[C@H](NCCOc1cc(Cl)cc(Cl)c1)C(=O)O. The highest BCUT2D eigenvalue weighted by molar-refractivity contribution is 6.34. The molecule has 20 heavy (non-hydrogen) atoms. The minimum absolute atomic E-state index is 0.0631. The number of halogens is 2. The quantitative estimate of drug-likeness (QED) is 0.720. The number of aliphatic carboxylic acids is 1. The zero-order chi connectivity index (χ0) is 15.1. The number of hydrogen-bond donors (Lipinski definition) is 2. The number of carbonyl (C=O) groups is 1. The summed E-state index contributed by atoms with van der Waals surface area (Å²) in [5.41, 5.74) is 0. The predicted octanol–water partition coefficient (Wildman–Crippen LogP) is 3.46. The average molecular weight is 320 g/mol. The number of carboxylic acids is 1. The maximum atomic E-state index is 11.1. The fourth-order valence-electron chi connectivity index (χ4n) is 1.76. The Bertz CT molecular complexity index is 434. The molecule has 0 heterocycles. The molecular formula is C14H19Cl2NO3. The fraction of sp³-hybridized carbons (Fsp3) is 0.500. The van der Waals surface area contributed by atoms with E-state index < -0.39 is 12.0 Å². The lowest BCUT2D eigenvalue weighted by atomic mass is 9.99. The first-order valence-corrected chi connectivity index (χ1v) is 7.24. The highest BCUT2D eigenvalue weighted by atomic mass is 35.5. The fourth-order valence-corrected chi connectivity index (χ4v) is 2.27. The normalized spacial score (nSPS) is 13.8. The number of ether oxygens (including phenoxy) is 1. The van der Waals surface area contributed by atoms with Gasteiger partial charge in [-0.3, -0.25) is 4.79 Å². The molecule has 4 nitrogen and oxygen atoms in total. The number of carboxylic acid groups (broad SMARTS) is 1. The molecule has 1 aromatic rings. The van der Waals surface area contributed by atoms with E-state index in [1.54, 1.807) is 18.2 Å². The van der Waals surface area contributed by atoms with Gasteiger partial charge in [0.1, 0.15) is 18.4 Å². The minimum Gasteiger partial charge on any atom is -0.492 e. The molecule has 0 saturated heterocycles. The van der Waals surface area contributed by atoms with Gasteiger partial charge in [0.25, 0.3) is 0 Å². The molecule has 0 aliphatic heterocycles. The first kappa shape index (κ1) is 17.1. The summed E-state index contributed by atoms with van der Waals surface area (Å²) >= 11 is 11.7. The van der Waals surface area contributed by atoms with Gasteiger partial charge in [-0.25, -0.2) is 0 Å². The molecule has 0 amide bonds. The second-order valence-corrected chi connectivity index (χ2v) is 5.48. The molecule has 0 radical (unpaired) electrons. The Kier molecular flexibility index (Phi) is 7.13. The Morgan fingerprint density at radius 1 is 1.35 bits per heavy atom. The van der Waals surface area contributed by atoms with Crippen LogP contribution in [0.4, 0.5) is 0 Å². The molecule has 0 aromatic heterocycles. The Hall–Kier alpha value is -0.970. The van der Waals surface area contributed by atoms with E-state index in [0.29, 0.717) is 28.9 Å². The van der Waals surface area contributed by atoms with Crippen molar-refractivity contribution in [1.29, 1.82) is 0 Å². The molecular weight excluding hydrogens is 301 g/mol. The van der Waals surface area contributed by atoms with E-state index >= 15 is 0 Å². The van der Waals surface area contributed by atoms with E-state index in [9.17, 15) is 4.79 Å². The summed E-state index contributed by atoms with van der Waals surface area (Å²) in [7, 11) is 0. The topological polar surface area (TPSA) is 58.6 Å². The Balaban J connectivity index is 2.42. The van der Waals surface area contributed by atoms with Crippen LogP contribution in [0.1, 0.15) is 20.3 Å². The van der Waals surface area contributed by atoms with Gasteiger partial charge < -0.3 is 15.2 Å². The lowest BCUT2D eigenvalue weighted by Gasteiger charge is -2.20. The van der Waals surface area contributed by atoms with Gasteiger partial charge in [0.2, 0.25) is 0 Å². The van der Waals surface area contributed by atoms with Crippen molar-refractivity contribution in [2.75, 3.05) is 13.2 Å². The molecule has 0 fully saturated rings. The van der Waals surface area contributed by atoms with Crippen LogP contribution >= 0.6 is 23.2 Å². The standard InChI is InChI=1S/C14H19Cl2NO3/c1-3-9(2)13(14(18)19)17-4-5-20-12-7-10(15)6-11(16)8-12/h6-9,13,17H,3-5H2,1-2H3,(H,18,19)/t9-,13-/m0/s1. The summed E-state index contributed by atoms with van der Waals surface area (Å²) in [6, 6.07) is 4.39. The van der Waals surface area contributed by atoms with Gasteiger partial charge >= 0.3 is 5.97 Å². The maximum Gasteiger partial charge on any atom is 0.320 e. The smallest absolute Gasteiger partial charge is 0.320 e. The van der Waals surface area contributed by atoms with Crippen LogP contribution in [0.3, 0.4) is 0 Å². The lowest BCUT2D eigenvalue weighted by Crippen LogP contribution is -2.43. The van der Waals surface area contributed by atoms with Crippen molar-refractivity contribution in [2.45, 2.75) is 26.3 Å². The lowest BCUT2D eigenvalue weighted by molar-refractivity contribution is -0.140. The number of benzene rings is 1. The molecule has 0 bridgehead atoms. The van der Waals surface area contributed by atoms with Gasteiger partial charge in [-0.15, -0.1) is 0 Å². The van der Waals surface area contributed by atoms with Crippen LogP contribution in [-0.4, -0.2) is 30.3 Å². The molecule has 112 valence electrons. The third-order valence-electron chi connectivity index (χ3n) is 3.05. The first-order chi connectivity index (χ1) is 9.43. The Morgan fingerprint density at radius 3 is 2.45 bits per heavy atom. The zero-order valence-corrected chi connectivity index (χ0v) is 13.0. The third kappa shape index (κ3) is 5.57. The number of hydrogen-bond acceptors (Lipinski definition) is 3. The second kappa shape index (κ2) is 8.35.